The van der Waals surface area contributed by atoms with Crippen LogP contribution in [0.5, 0.6) is 0 Å². The molecule has 1 N–H and O–H groups in total. The van der Waals surface area contributed by atoms with Gasteiger partial charge in [0.1, 0.15) is 0 Å². The number of carbonyl (C=O) groups is 1. The van der Waals surface area contributed by atoms with E-state index in [0.29, 0.717) is 11.4 Å². The number of benzene rings is 2. The smallest absolute Gasteiger partial charge is 0.255 e. The number of halogens is 2. The minimum atomic E-state index is -0.115. The first-order chi connectivity index (χ1) is 9.10. The molecule has 2 nitrogen and oxygen atoms in total. The third kappa shape index (κ3) is 3.70. The monoisotopic (exact) mass is 385 g/mol. The first-order valence-corrected chi connectivity index (χ1v) is 7.44. The molecule has 0 radical (unpaired) electrons. The molecule has 98 valence electrons. The molecule has 1 amide bonds. The summed E-state index contributed by atoms with van der Waals surface area (Å²) in [4.78, 5) is 12.2. The fourth-order valence-corrected chi connectivity index (χ4v) is 2.57. The minimum Gasteiger partial charge on any atom is -0.322 e. The van der Waals surface area contributed by atoms with Crippen molar-refractivity contribution in [2.24, 2.45) is 0 Å². The van der Waals surface area contributed by atoms with Crippen molar-refractivity contribution >= 4 is 45.8 Å². The molecule has 0 saturated carbocycles. The highest BCUT2D eigenvalue weighted by molar-refractivity contribution is 14.1. The maximum absolute atomic E-state index is 12.2. The van der Waals surface area contributed by atoms with E-state index in [9.17, 15) is 4.79 Å². The minimum absolute atomic E-state index is 0.115. The normalized spacial score (nSPS) is 10.3. The van der Waals surface area contributed by atoms with Crippen molar-refractivity contribution in [2.45, 2.75) is 12.8 Å². The second-order valence-corrected chi connectivity index (χ2v) is 5.76. The van der Waals surface area contributed by atoms with Gasteiger partial charge in [-0.1, -0.05) is 12.1 Å². The zero-order chi connectivity index (χ0) is 13.8. The zero-order valence-corrected chi connectivity index (χ0v) is 13.3. The molecule has 2 aromatic rings. The molecule has 0 bridgehead atoms. The molecule has 0 aromatic heterocycles. The zero-order valence-electron chi connectivity index (χ0n) is 10.4. The molecule has 0 atom stereocenters. The largest absolute Gasteiger partial charge is 0.322 e. The Labute approximate surface area is 131 Å². The van der Waals surface area contributed by atoms with E-state index < -0.39 is 0 Å². The van der Waals surface area contributed by atoms with Crippen LogP contribution in [0, 0.1) is 10.5 Å². The molecule has 19 heavy (non-hydrogen) atoms. The number of rotatable bonds is 3. The Balaban J connectivity index is 2.20. The van der Waals surface area contributed by atoms with Gasteiger partial charge in [-0.25, -0.2) is 0 Å². The van der Waals surface area contributed by atoms with E-state index >= 15 is 0 Å². The number of anilines is 1. The van der Waals surface area contributed by atoms with Gasteiger partial charge in [0.25, 0.3) is 5.91 Å². The summed E-state index contributed by atoms with van der Waals surface area (Å²) in [5.41, 5.74) is 3.44. The van der Waals surface area contributed by atoms with E-state index in [0.717, 1.165) is 20.4 Å². The van der Waals surface area contributed by atoms with Crippen LogP contribution in [-0.2, 0) is 5.88 Å². The average Bonchev–Trinajstić information content (AvgIpc) is 2.42. The van der Waals surface area contributed by atoms with E-state index in [1.54, 1.807) is 6.07 Å². The second kappa shape index (κ2) is 6.39. The first-order valence-electron chi connectivity index (χ1n) is 5.82. The number of hydrogen-bond donors (Lipinski definition) is 1. The first kappa shape index (κ1) is 14.3. The van der Waals surface area contributed by atoms with Crippen LogP contribution in [-0.4, -0.2) is 5.91 Å². The Bertz CT molecular complexity index is 613. The molecule has 0 heterocycles. The molecule has 0 aliphatic heterocycles. The van der Waals surface area contributed by atoms with Gasteiger partial charge in [-0.15, -0.1) is 11.6 Å². The predicted molar refractivity (Wildman–Crippen MR) is 87.8 cm³/mol. The Morgan fingerprint density at radius 2 is 2.05 bits per heavy atom. The lowest BCUT2D eigenvalue weighted by molar-refractivity contribution is 0.102. The lowest BCUT2D eigenvalue weighted by atomic mass is 10.1. The van der Waals surface area contributed by atoms with E-state index in [-0.39, 0.29) is 5.91 Å². The van der Waals surface area contributed by atoms with E-state index in [1.807, 2.05) is 43.3 Å². The molecular formula is C15H13ClINO. The van der Waals surface area contributed by atoms with Gasteiger partial charge < -0.3 is 5.32 Å². The summed E-state index contributed by atoms with van der Waals surface area (Å²) < 4.78 is 1.15. The van der Waals surface area contributed by atoms with Gasteiger partial charge in [-0.2, -0.15) is 0 Å². The van der Waals surface area contributed by atoms with Gasteiger partial charge >= 0.3 is 0 Å². The second-order valence-electron chi connectivity index (χ2n) is 4.25. The molecule has 0 unspecified atom stereocenters. The summed E-state index contributed by atoms with van der Waals surface area (Å²) in [6.45, 7) is 1.98. The molecule has 0 aliphatic rings. The Hall–Kier alpha value is -1.07. The molecule has 0 fully saturated rings. The number of nitrogens with one attached hydrogen (secondary N) is 1. The summed E-state index contributed by atoms with van der Waals surface area (Å²) >= 11 is 8.02. The van der Waals surface area contributed by atoms with Crippen LogP contribution in [0.1, 0.15) is 21.5 Å². The lowest BCUT2D eigenvalue weighted by Gasteiger charge is -2.09. The Morgan fingerprint density at radius 3 is 2.74 bits per heavy atom. The maximum atomic E-state index is 12.2. The van der Waals surface area contributed by atoms with Crippen molar-refractivity contribution in [3.8, 4) is 0 Å². The fraction of sp³-hybridized carbons (Fsp3) is 0.133. The third-order valence-corrected chi connectivity index (χ3v) is 3.76. The van der Waals surface area contributed by atoms with Gasteiger partial charge in [-0.3, -0.25) is 4.79 Å². The van der Waals surface area contributed by atoms with Crippen molar-refractivity contribution in [3.63, 3.8) is 0 Å². The SMILES string of the molecule is Cc1cc(I)ccc1NC(=O)c1cccc(CCl)c1. The lowest BCUT2D eigenvalue weighted by Crippen LogP contribution is -2.13. The van der Waals surface area contributed by atoms with Crippen LogP contribution < -0.4 is 5.32 Å². The van der Waals surface area contributed by atoms with Crippen molar-refractivity contribution in [2.75, 3.05) is 5.32 Å². The summed E-state index contributed by atoms with van der Waals surface area (Å²) in [6, 6.07) is 13.3. The maximum Gasteiger partial charge on any atom is 0.255 e. The quantitative estimate of drug-likeness (QED) is 0.607. The molecular weight excluding hydrogens is 373 g/mol. The van der Waals surface area contributed by atoms with Gasteiger partial charge in [0, 0.05) is 20.7 Å². The van der Waals surface area contributed by atoms with Crippen LogP contribution in [0.3, 0.4) is 0 Å². The standard InChI is InChI=1S/C15H13ClINO/c1-10-7-13(17)5-6-14(10)18-15(19)12-4-2-3-11(8-12)9-16/h2-8H,9H2,1H3,(H,18,19). The van der Waals surface area contributed by atoms with E-state index in [4.69, 9.17) is 11.6 Å². The third-order valence-electron chi connectivity index (χ3n) is 2.78. The van der Waals surface area contributed by atoms with Crippen LogP contribution >= 0.6 is 34.2 Å². The van der Waals surface area contributed by atoms with Crippen LogP contribution in [0.2, 0.25) is 0 Å². The molecule has 0 spiro atoms. The summed E-state index contributed by atoms with van der Waals surface area (Å²) in [5.74, 6) is 0.292. The van der Waals surface area contributed by atoms with Crippen molar-refractivity contribution in [1.82, 2.24) is 0 Å². The molecule has 2 rings (SSSR count). The van der Waals surface area contributed by atoms with Crippen LogP contribution in [0.15, 0.2) is 42.5 Å². The number of carbonyl (C=O) groups excluding carboxylic acids is 1. The number of aryl methyl sites for hydroxylation is 1. The van der Waals surface area contributed by atoms with E-state index in [1.165, 1.54) is 0 Å². The number of hydrogen-bond acceptors (Lipinski definition) is 1. The van der Waals surface area contributed by atoms with Crippen molar-refractivity contribution in [1.29, 1.82) is 0 Å². The van der Waals surface area contributed by atoms with Crippen molar-refractivity contribution < 1.29 is 4.79 Å². The van der Waals surface area contributed by atoms with E-state index in [2.05, 4.69) is 27.9 Å². The number of amides is 1. The summed E-state index contributed by atoms with van der Waals surface area (Å²) in [7, 11) is 0. The van der Waals surface area contributed by atoms with Crippen LogP contribution in [0.4, 0.5) is 5.69 Å². The molecule has 4 heteroatoms. The number of alkyl halides is 1. The summed E-state index contributed by atoms with van der Waals surface area (Å²) in [6.07, 6.45) is 0. The molecule has 0 aliphatic carbocycles. The average molecular weight is 386 g/mol. The van der Waals surface area contributed by atoms with Crippen molar-refractivity contribution in [3.05, 3.63) is 62.7 Å². The highest BCUT2D eigenvalue weighted by Gasteiger charge is 2.08. The fourth-order valence-electron chi connectivity index (χ4n) is 1.76. The predicted octanol–water partition coefficient (Wildman–Crippen LogP) is 4.59. The highest BCUT2D eigenvalue weighted by atomic mass is 127. The van der Waals surface area contributed by atoms with Gasteiger partial charge in [-0.05, 0) is 71.0 Å². The highest BCUT2D eigenvalue weighted by Crippen LogP contribution is 2.19. The topological polar surface area (TPSA) is 29.1 Å². The van der Waals surface area contributed by atoms with Crippen LogP contribution in [0.25, 0.3) is 0 Å². The Morgan fingerprint density at radius 1 is 1.26 bits per heavy atom. The summed E-state index contributed by atoms with van der Waals surface area (Å²) in [5, 5.41) is 2.92. The Kier molecular flexibility index (Phi) is 4.82. The molecule has 2 aromatic carbocycles. The van der Waals surface area contributed by atoms with Gasteiger partial charge in [0.15, 0.2) is 0 Å². The van der Waals surface area contributed by atoms with Gasteiger partial charge in [0.2, 0.25) is 0 Å². The molecule has 0 saturated heterocycles. The van der Waals surface area contributed by atoms with Gasteiger partial charge in [0.05, 0.1) is 0 Å².